The van der Waals surface area contributed by atoms with Crippen LogP contribution in [0.2, 0.25) is 0 Å². The van der Waals surface area contributed by atoms with Gasteiger partial charge in [-0.2, -0.15) is 13.2 Å². The topological polar surface area (TPSA) is 17.1 Å². The van der Waals surface area contributed by atoms with Crippen molar-refractivity contribution in [2.75, 3.05) is 0 Å². The summed E-state index contributed by atoms with van der Waals surface area (Å²) in [6.07, 6.45) is -3.79. The van der Waals surface area contributed by atoms with Crippen LogP contribution in [-0.2, 0) is 12.6 Å². The summed E-state index contributed by atoms with van der Waals surface area (Å²) in [7, 11) is 0. The Hall–Kier alpha value is -2.10. The number of halogens is 3. The molecule has 0 saturated carbocycles. The molecule has 0 saturated heterocycles. The highest BCUT2D eigenvalue weighted by Crippen LogP contribution is 2.30. The molecule has 0 bridgehead atoms. The third-order valence-corrected chi connectivity index (χ3v) is 3.09. The van der Waals surface area contributed by atoms with Crippen LogP contribution in [0.4, 0.5) is 13.2 Å². The largest absolute Gasteiger partial charge is 0.416 e. The Kier molecular flexibility index (Phi) is 3.93. The second-order valence-corrected chi connectivity index (χ2v) is 4.42. The minimum absolute atomic E-state index is 0.0562. The van der Waals surface area contributed by atoms with Gasteiger partial charge in [-0.15, -0.1) is 0 Å². The third kappa shape index (κ3) is 2.90. The highest BCUT2D eigenvalue weighted by atomic mass is 19.4. The molecule has 0 radical (unpaired) electrons. The predicted octanol–water partition coefficient (Wildman–Crippen LogP) is 4.50. The minimum Gasteiger partial charge on any atom is -0.289 e. The van der Waals surface area contributed by atoms with Gasteiger partial charge in [0.25, 0.3) is 0 Å². The first-order valence-corrected chi connectivity index (χ1v) is 6.23. The molecule has 0 fully saturated rings. The van der Waals surface area contributed by atoms with Gasteiger partial charge in [-0.3, -0.25) is 4.79 Å². The van der Waals surface area contributed by atoms with Crippen LogP contribution in [0.1, 0.15) is 34.0 Å². The molecule has 0 atom stereocenters. The van der Waals surface area contributed by atoms with E-state index in [4.69, 9.17) is 0 Å². The van der Waals surface area contributed by atoms with E-state index in [0.717, 1.165) is 17.7 Å². The number of ketones is 1. The maximum atomic E-state index is 12.7. The standard InChI is InChI=1S/C16H13F3O/c1-2-11-6-3-4-9-14(11)15(20)12-7-5-8-13(10-12)16(17,18)19/h3-10H,2H2,1H3. The minimum atomic E-state index is -4.44. The SMILES string of the molecule is CCc1ccccc1C(=O)c1cccc(C(F)(F)F)c1. The number of carbonyl (C=O) groups is 1. The highest BCUT2D eigenvalue weighted by molar-refractivity contribution is 6.10. The lowest BCUT2D eigenvalue weighted by molar-refractivity contribution is -0.137. The van der Waals surface area contributed by atoms with Crippen LogP contribution >= 0.6 is 0 Å². The Balaban J connectivity index is 2.44. The van der Waals surface area contributed by atoms with Crippen molar-refractivity contribution in [1.29, 1.82) is 0 Å². The molecule has 0 unspecified atom stereocenters. The molecule has 0 aliphatic carbocycles. The monoisotopic (exact) mass is 278 g/mol. The normalized spacial score (nSPS) is 11.4. The summed E-state index contributed by atoms with van der Waals surface area (Å²) >= 11 is 0. The molecule has 0 amide bonds. The Morgan fingerprint density at radius 1 is 1.05 bits per heavy atom. The van der Waals surface area contributed by atoms with Gasteiger partial charge in [0.2, 0.25) is 0 Å². The number of carbonyl (C=O) groups excluding carboxylic acids is 1. The molecular formula is C16H13F3O. The molecule has 2 aromatic carbocycles. The fraction of sp³-hybridized carbons (Fsp3) is 0.188. The zero-order valence-electron chi connectivity index (χ0n) is 10.9. The lowest BCUT2D eigenvalue weighted by atomic mass is 9.96. The van der Waals surface area contributed by atoms with E-state index >= 15 is 0 Å². The van der Waals surface area contributed by atoms with Crippen molar-refractivity contribution in [3.05, 3.63) is 70.8 Å². The molecule has 0 N–H and O–H groups in total. The smallest absolute Gasteiger partial charge is 0.289 e. The molecule has 4 heteroatoms. The lowest BCUT2D eigenvalue weighted by Crippen LogP contribution is -2.09. The average Bonchev–Trinajstić information content (AvgIpc) is 2.45. The summed E-state index contributed by atoms with van der Waals surface area (Å²) in [6.45, 7) is 1.90. The second-order valence-electron chi connectivity index (χ2n) is 4.42. The molecule has 104 valence electrons. The van der Waals surface area contributed by atoms with E-state index in [2.05, 4.69) is 0 Å². The van der Waals surface area contributed by atoms with Crippen LogP contribution < -0.4 is 0 Å². The van der Waals surface area contributed by atoms with Crippen LogP contribution in [0.3, 0.4) is 0 Å². The molecule has 1 nitrogen and oxygen atoms in total. The van der Waals surface area contributed by atoms with Crippen molar-refractivity contribution in [3.63, 3.8) is 0 Å². The zero-order chi connectivity index (χ0) is 14.8. The molecular weight excluding hydrogens is 265 g/mol. The van der Waals surface area contributed by atoms with Crippen LogP contribution in [0.5, 0.6) is 0 Å². The Labute approximate surface area is 115 Å². The molecule has 0 aliphatic heterocycles. The van der Waals surface area contributed by atoms with Crippen LogP contribution in [0, 0.1) is 0 Å². The van der Waals surface area contributed by atoms with Crippen molar-refractivity contribution >= 4 is 5.78 Å². The van der Waals surface area contributed by atoms with E-state index in [9.17, 15) is 18.0 Å². The summed E-state index contributed by atoms with van der Waals surface area (Å²) < 4.78 is 38.0. The summed E-state index contributed by atoms with van der Waals surface area (Å²) in [4.78, 5) is 12.3. The van der Waals surface area contributed by atoms with E-state index in [1.807, 2.05) is 13.0 Å². The number of rotatable bonds is 3. The number of hydrogen-bond donors (Lipinski definition) is 0. The number of hydrogen-bond acceptors (Lipinski definition) is 1. The molecule has 2 rings (SSSR count). The summed E-state index contributed by atoms with van der Waals surface area (Å²) in [5.74, 6) is -0.381. The van der Waals surface area contributed by atoms with Gasteiger partial charge in [-0.1, -0.05) is 43.3 Å². The predicted molar refractivity (Wildman–Crippen MR) is 70.7 cm³/mol. The van der Waals surface area contributed by atoms with E-state index < -0.39 is 11.7 Å². The van der Waals surface area contributed by atoms with Crippen LogP contribution in [-0.4, -0.2) is 5.78 Å². The molecule has 0 aliphatic rings. The van der Waals surface area contributed by atoms with E-state index in [1.165, 1.54) is 12.1 Å². The van der Waals surface area contributed by atoms with Gasteiger partial charge in [0, 0.05) is 11.1 Å². The van der Waals surface area contributed by atoms with Crippen molar-refractivity contribution < 1.29 is 18.0 Å². The number of benzene rings is 2. The fourth-order valence-electron chi connectivity index (χ4n) is 2.04. The molecule has 2 aromatic rings. The quantitative estimate of drug-likeness (QED) is 0.755. The Morgan fingerprint density at radius 3 is 2.40 bits per heavy atom. The van der Waals surface area contributed by atoms with Crippen molar-refractivity contribution in [3.8, 4) is 0 Å². The zero-order valence-corrected chi connectivity index (χ0v) is 10.9. The van der Waals surface area contributed by atoms with Crippen molar-refractivity contribution in [2.45, 2.75) is 19.5 Å². The summed E-state index contributed by atoms with van der Waals surface area (Å²) in [6, 6.07) is 11.5. The number of alkyl halides is 3. The van der Waals surface area contributed by atoms with Gasteiger partial charge >= 0.3 is 6.18 Å². The lowest BCUT2D eigenvalue weighted by Gasteiger charge is -2.10. The second kappa shape index (κ2) is 5.49. The first-order chi connectivity index (χ1) is 9.43. The van der Waals surface area contributed by atoms with E-state index in [-0.39, 0.29) is 11.3 Å². The summed E-state index contributed by atoms with van der Waals surface area (Å²) in [5, 5.41) is 0. The fourth-order valence-corrected chi connectivity index (χ4v) is 2.04. The Morgan fingerprint density at radius 2 is 1.75 bits per heavy atom. The van der Waals surface area contributed by atoms with Crippen LogP contribution in [0.15, 0.2) is 48.5 Å². The van der Waals surface area contributed by atoms with E-state index in [1.54, 1.807) is 18.2 Å². The van der Waals surface area contributed by atoms with E-state index in [0.29, 0.717) is 12.0 Å². The maximum Gasteiger partial charge on any atom is 0.416 e. The molecule has 20 heavy (non-hydrogen) atoms. The van der Waals surface area contributed by atoms with Gasteiger partial charge in [-0.25, -0.2) is 0 Å². The molecule has 0 spiro atoms. The maximum absolute atomic E-state index is 12.7. The molecule has 0 heterocycles. The van der Waals surface area contributed by atoms with Gasteiger partial charge in [-0.05, 0) is 24.1 Å². The molecule has 0 aromatic heterocycles. The van der Waals surface area contributed by atoms with Gasteiger partial charge in [0.05, 0.1) is 5.56 Å². The average molecular weight is 278 g/mol. The third-order valence-electron chi connectivity index (χ3n) is 3.09. The first kappa shape index (κ1) is 14.3. The van der Waals surface area contributed by atoms with Crippen LogP contribution in [0.25, 0.3) is 0 Å². The number of aryl methyl sites for hydroxylation is 1. The van der Waals surface area contributed by atoms with Crippen molar-refractivity contribution in [1.82, 2.24) is 0 Å². The Bertz CT molecular complexity index is 630. The highest BCUT2D eigenvalue weighted by Gasteiger charge is 2.31. The van der Waals surface area contributed by atoms with Gasteiger partial charge < -0.3 is 0 Å². The first-order valence-electron chi connectivity index (χ1n) is 6.23. The van der Waals surface area contributed by atoms with Crippen molar-refractivity contribution in [2.24, 2.45) is 0 Å². The van der Waals surface area contributed by atoms with Gasteiger partial charge in [0.1, 0.15) is 0 Å². The summed E-state index contributed by atoms with van der Waals surface area (Å²) in [5.41, 5.74) is 0.530. The van der Waals surface area contributed by atoms with Gasteiger partial charge in [0.15, 0.2) is 5.78 Å².